The van der Waals surface area contributed by atoms with E-state index in [1.165, 1.54) is 12.5 Å². The molecule has 7 nitrogen and oxygen atoms in total. The third-order valence-electron chi connectivity index (χ3n) is 2.67. The Hall–Kier alpha value is -2.70. The zero-order chi connectivity index (χ0) is 14.4. The molecule has 0 saturated heterocycles. The first-order chi connectivity index (χ1) is 9.70. The van der Waals surface area contributed by atoms with Crippen molar-refractivity contribution in [2.75, 3.05) is 11.9 Å². The highest BCUT2D eigenvalue weighted by molar-refractivity contribution is 5.94. The second-order valence-corrected chi connectivity index (χ2v) is 4.08. The molecule has 0 atom stereocenters. The van der Waals surface area contributed by atoms with Gasteiger partial charge in [0.15, 0.2) is 0 Å². The molecule has 0 fully saturated rings. The van der Waals surface area contributed by atoms with Crippen molar-refractivity contribution >= 4 is 11.7 Å². The third kappa shape index (κ3) is 3.41. The summed E-state index contributed by atoms with van der Waals surface area (Å²) in [4.78, 5) is 19.9. The van der Waals surface area contributed by atoms with Crippen LogP contribution in [-0.2, 0) is 13.6 Å². The summed E-state index contributed by atoms with van der Waals surface area (Å²) in [6.07, 6.45) is 4.65. The maximum absolute atomic E-state index is 11.7. The van der Waals surface area contributed by atoms with Crippen LogP contribution in [0.1, 0.15) is 16.2 Å². The molecule has 0 radical (unpaired) electrons. The van der Waals surface area contributed by atoms with E-state index in [9.17, 15) is 4.79 Å². The van der Waals surface area contributed by atoms with E-state index in [0.29, 0.717) is 24.5 Å². The lowest BCUT2D eigenvalue weighted by atomic mass is 10.2. The smallest absolute Gasteiger partial charge is 0.253 e. The van der Waals surface area contributed by atoms with E-state index in [1.54, 1.807) is 22.9 Å². The summed E-state index contributed by atoms with van der Waals surface area (Å²) in [6.45, 7) is 4.50. The number of nitrogens with one attached hydrogen (secondary N) is 2. The van der Waals surface area contributed by atoms with Crippen molar-refractivity contribution in [2.24, 2.45) is 7.05 Å². The van der Waals surface area contributed by atoms with E-state index in [-0.39, 0.29) is 5.91 Å². The van der Waals surface area contributed by atoms with Crippen molar-refractivity contribution in [1.29, 1.82) is 0 Å². The number of aryl methyl sites for hydroxylation is 1. The molecular formula is C13H16N6O. The Kier molecular flexibility index (Phi) is 4.43. The molecule has 0 bridgehead atoms. The summed E-state index contributed by atoms with van der Waals surface area (Å²) < 4.78 is 1.68. The van der Waals surface area contributed by atoms with Crippen molar-refractivity contribution in [1.82, 2.24) is 25.1 Å². The lowest BCUT2D eigenvalue weighted by molar-refractivity contribution is 0.0957. The fourth-order valence-corrected chi connectivity index (χ4v) is 1.55. The molecule has 0 aliphatic rings. The minimum Gasteiger partial charge on any atom is -0.363 e. The lowest BCUT2D eigenvalue weighted by Gasteiger charge is -2.06. The fraction of sp³-hybridized carbons (Fsp3) is 0.231. The number of pyridine rings is 1. The zero-order valence-electron chi connectivity index (χ0n) is 11.2. The molecule has 20 heavy (non-hydrogen) atoms. The molecule has 0 aliphatic carbocycles. The van der Waals surface area contributed by atoms with E-state index in [0.717, 1.165) is 5.82 Å². The van der Waals surface area contributed by atoms with E-state index in [2.05, 4.69) is 32.3 Å². The minimum absolute atomic E-state index is 0.169. The number of rotatable bonds is 6. The van der Waals surface area contributed by atoms with E-state index < -0.39 is 0 Å². The number of carbonyl (C=O) groups excluding carboxylic acids is 1. The third-order valence-corrected chi connectivity index (χ3v) is 2.67. The maximum atomic E-state index is 11.7. The van der Waals surface area contributed by atoms with Crippen molar-refractivity contribution in [3.05, 3.63) is 48.7 Å². The van der Waals surface area contributed by atoms with Gasteiger partial charge in [0.05, 0.1) is 12.1 Å². The molecule has 0 unspecified atom stereocenters. The number of aromatic nitrogens is 4. The average molecular weight is 272 g/mol. The number of amides is 1. The molecular weight excluding hydrogens is 256 g/mol. The Bertz CT molecular complexity index is 589. The summed E-state index contributed by atoms with van der Waals surface area (Å²) in [6, 6.07) is 3.46. The average Bonchev–Trinajstić information content (AvgIpc) is 2.88. The number of carbonyl (C=O) groups is 1. The van der Waals surface area contributed by atoms with Crippen molar-refractivity contribution in [3.8, 4) is 0 Å². The van der Waals surface area contributed by atoms with Gasteiger partial charge in [-0.25, -0.2) is 9.97 Å². The summed E-state index contributed by atoms with van der Waals surface area (Å²) in [5.74, 6) is 1.31. The van der Waals surface area contributed by atoms with Gasteiger partial charge in [0, 0.05) is 19.8 Å². The van der Waals surface area contributed by atoms with Gasteiger partial charge in [-0.1, -0.05) is 6.08 Å². The normalized spacial score (nSPS) is 10.1. The monoisotopic (exact) mass is 272 g/mol. The summed E-state index contributed by atoms with van der Waals surface area (Å²) in [7, 11) is 1.82. The van der Waals surface area contributed by atoms with Gasteiger partial charge in [0.25, 0.3) is 5.91 Å². The van der Waals surface area contributed by atoms with Crippen LogP contribution >= 0.6 is 0 Å². The molecule has 0 aliphatic heterocycles. The van der Waals surface area contributed by atoms with Crippen LogP contribution in [0.2, 0.25) is 0 Å². The Morgan fingerprint density at radius 2 is 2.30 bits per heavy atom. The predicted molar refractivity (Wildman–Crippen MR) is 75.1 cm³/mol. The van der Waals surface area contributed by atoms with Gasteiger partial charge in [-0.05, 0) is 12.1 Å². The molecule has 2 N–H and O–H groups in total. The number of hydrogen-bond donors (Lipinski definition) is 2. The molecule has 0 aromatic carbocycles. The molecule has 7 heteroatoms. The van der Waals surface area contributed by atoms with Gasteiger partial charge in [-0.3, -0.25) is 9.48 Å². The van der Waals surface area contributed by atoms with Crippen LogP contribution in [0.5, 0.6) is 0 Å². The van der Waals surface area contributed by atoms with Crippen molar-refractivity contribution in [3.63, 3.8) is 0 Å². The van der Waals surface area contributed by atoms with Crippen LogP contribution in [0.15, 0.2) is 37.3 Å². The maximum Gasteiger partial charge on any atom is 0.253 e. The fourth-order valence-electron chi connectivity index (χ4n) is 1.55. The van der Waals surface area contributed by atoms with E-state index in [1.807, 2.05) is 7.05 Å². The summed E-state index contributed by atoms with van der Waals surface area (Å²) in [5.41, 5.74) is 0.510. The van der Waals surface area contributed by atoms with E-state index >= 15 is 0 Å². The van der Waals surface area contributed by atoms with Crippen molar-refractivity contribution < 1.29 is 4.79 Å². The zero-order valence-corrected chi connectivity index (χ0v) is 11.2. The van der Waals surface area contributed by atoms with Gasteiger partial charge in [-0.15, -0.1) is 6.58 Å². The van der Waals surface area contributed by atoms with Crippen LogP contribution in [0, 0.1) is 0 Å². The van der Waals surface area contributed by atoms with Gasteiger partial charge >= 0.3 is 0 Å². The molecule has 104 valence electrons. The predicted octanol–water partition coefficient (Wildman–Crippen LogP) is 0.738. The quantitative estimate of drug-likeness (QED) is 0.758. The van der Waals surface area contributed by atoms with Crippen LogP contribution in [0.25, 0.3) is 0 Å². The Morgan fingerprint density at radius 1 is 1.45 bits per heavy atom. The first-order valence-electron chi connectivity index (χ1n) is 6.12. The number of nitrogens with zero attached hydrogens (tertiary/aromatic N) is 4. The van der Waals surface area contributed by atoms with Gasteiger partial charge in [0.1, 0.15) is 18.0 Å². The standard InChI is InChI=1S/C13H16N6O/c1-3-6-14-13(20)10-4-5-11(15-7-10)16-8-12-17-9-18-19(12)2/h3-5,7,9H,1,6,8H2,2H3,(H,14,20)(H,15,16). The molecule has 2 aromatic heterocycles. The molecule has 1 amide bonds. The first-order valence-corrected chi connectivity index (χ1v) is 6.12. The topological polar surface area (TPSA) is 84.7 Å². The lowest BCUT2D eigenvalue weighted by Crippen LogP contribution is -2.23. The van der Waals surface area contributed by atoms with Crippen LogP contribution < -0.4 is 10.6 Å². The van der Waals surface area contributed by atoms with Crippen LogP contribution in [-0.4, -0.2) is 32.2 Å². The number of anilines is 1. The first kappa shape index (κ1) is 13.7. The van der Waals surface area contributed by atoms with Gasteiger partial charge in [0.2, 0.25) is 0 Å². The van der Waals surface area contributed by atoms with Crippen LogP contribution in [0.3, 0.4) is 0 Å². The minimum atomic E-state index is -0.169. The summed E-state index contributed by atoms with van der Waals surface area (Å²) in [5, 5.41) is 9.78. The Morgan fingerprint density at radius 3 is 2.90 bits per heavy atom. The van der Waals surface area contributed by atoms with Crippen molar-refractivity contribution in [2.45, 2.75) is 6.54 Å². The highest BCUT2D eigenvalue weighted by Gasteiger charge is 2.05. The molecule has 2 rings (SSSR count). The second-order valence-electron chi connectivity index (χ2n) is 4.08. The van der Waals surface area contributed by atoms with Crippen LogP contribution in [0.4, 0.5) is 5.82 Å². The molecule has 2 heterocycles. The van der Waals surface area contributed by atoms with E-state index in [4.69, 9.17) is 0 Å². The molecule has 0 saturated carbocycles. The molecule has 0 spiro atoms. The van der Waals surface area contributed by atoms with Gasteiger partial charge < -0.3 is 10.6 Å². The summed E-state index contributed by atoms with van der Waals surface area (Å²) >= 11 is 0. The largest absolute Gasteiger partial charge is 0.363 e. The SMILES string of the molecule is C=CCNC(=O)c1ccc(NCc2ncnn2C)nc1. The molecule has 2 aromatic rings. The highest BCUT2D eigenvalue weighted by atomic mass is 16.1. The second kappa shape index (κ2) is 6.46. The Balaban J connectivity index is 1.93. The highest BCUT2D eigenvalue weighted by Crippen LogP contribution is 2.06. The van der Waals surface area contributed by atoms with Gasteiger partial charge in [-0.2, -0.15) is 5.10 Å². The Labute approximate surface area is 116 Å². The number of hydrogen-bond acceptors (Lipinski definition) is 5.